The molecular weight excluding hydrogens is 426 g/mol. The van der Waals surface area contributed by atoms with Crippen LogP contribution in [0.4, 0.5) is 0 Å². The Bertz CT molecular complexity index is 1070. The molecule has 1 saturated carbocycles. The van der Waals surface area contributed by atoms with Crippen LogP contribution in [0.1, 0.15) is 55.7 Å². The number of hydrogen-bond donors (Lipinski definition) is 0. The van der Waals surface area contributed by atoms with Crippen molar-refractivity contribution in [1.29, 1.82) is 0 Å². The summed E-state index contributed by atoms with van der Waals surface area (Å²) in [6, 6.07) is 4.20. The van der Waals surface area contributed by atoms with E-state index in [4.69, 9.17) is 28.7 Å². The van der Waals surface area contributed by atoms with Crippen LogP contribution in [-0.4, -0.2) is 61.7 Å². The molecule has 9 heteroatoms. The van der Waals surface area contributed by atoms with Crippen molar-refractivity contribution < 1.29 is 28.5 Å². The zero-order valence-corrected chi connectivity index (χ0v) is 19.6. The van der Waals surface area contributed by atoms with E-state index in [9.17, 15) is 4.79 Å². The number of nitrogens with zero attached hydrogens (tertiary/aromatic N) is 3. The molecular formula is C24H29N3O6. The highest BCUT2D eigenvalue weighted by Gasteiger charge is 2.39. The van der Waals surface area contributed by atoms with Gasteiger partial charge >= 0.3 is 12.0 Å². The zero-order chi connectivity index (χ0) is 23.5. The van der Waals surface area contributed by atoms with Crippen LogP contribution < -0.4 is 18.9 Å². The number of carbonyl (C=O) groups is 1. The van der Waals surface area contributed by atoms with E-state index in [-0.39, 0.29) is 30.0 Å². The highest BCUT2D eigenvalue weighted by atomic mass is 16.5. The second kappa shape index (κ2) is 9.64. The molecule has 0 radical (unpaired) electrons. The van der Waals surface area contributed by atoms with E-state index in [1.54, 1.807) is 20.4 Å². The van der Waals surface area contributed by atoms with Crippen molar-refractivity contribution in [2.75, 3.05) is 27.9 Å². The summed E-state index contributed by atoms with van der Waals surface area (Å²) in [5, 5.41) is 0. The Morgan fingerprint density at radius 1 is 1.06 bits per heavy atom. The average molecular weight is 456 g/mol. The van der Waals surface area contributed by atoms with Gasteiger partial charge in [0.1, 0.15) is 6.10 Å². The van der Waals surface area contributed by atoms with Crippen LogP contribution in [0.2, 0.25) is 0 Å². The topological polar surface area (TPSA) is 101 Å². The second-order valence-electron chi connectivity index (χ2n) is 8.00. The molecule has 0 amide bonds. The third-order valence-corrected chi connectivity index (χ3v) is 6.05. The Kier molecular flexibility index (Phi) is 6.67. The lowest BCUT2D eigenvalue weighted by atomic mass is 9.74. The number of aromatic nitrogens is 2. The van der Waals surface area contributed by atoms with E-state index in [0.29, 0.717) is 36.0 Å². The van der Waals surface area contributed by atoms with Crippen molar-refractivity contribution in [3.63, 3.8) is 0 Å². The lowest BCUT2D eigenvalue weighted by molar-refractivity contribution is -0.148. The molecule has 9 nitrogen and oxygen atoms in total. The Labute approximate surface area is 193 Å². The van der Waals surface area contributed by atoms with Gasteiger partial charge in [0, 0.05) is 24.6 Å². The summed E-state index contributed by atoms with van der Waals surface area (Å²) in [6.07, 6.45) is 3.78. The summed E-state index contributed by atoms with van der Waals surface area (Å²) in [4.78, 5) is 25.3. The molecule has 1 aromatic carbocycles. The van der Waals surface area contributed by atoms with E-state index in [0.717, 1.165) is 29.7 Å². The van der Waals surface area contributed by atoms with Crippen molar-refractivity contribution >= 4 is 11.7 Å². The highest BCUT2D eigenvalue weighted by Crippen LogP contribution is 2.46. The van der Waals surface area contributed by atoms with Gasteiger partial charge in [0.2, 0.25) is 5.88 Å². The summed E-state index contributed by atoms with van der Waals surface area (Å²) >= 11 is 0. The summed E-state index contributed by atoms with van der Waals surface area (Å²) in [7, 11) is 4.68. The maximum atomic E-state index is 11.6. The van der Waals surface area contributed by atoms with Gasteiger partial charge in [-0.15, -0.1) is 0 Å². The van der Waals surface area contributed by atoms with Crippen molar-refractivity contribution in [3.05, 3.63) is 35.0 Å². The monoisotopic (exact) mass is 455 g/mol. The SMILES string of the molecule is CCOc1cc2c(cc1OC)C(c1cnc(OC)nc1OC)=N[C@@H]1CC[C@@H](OC(C)=O)C[C@H]21. The minimum Gasteiger partial charge on any atom is -0.493 e. The first-order chi connectivity index (χ1) is 16.0. The molecule has 2 aliphatic rings. The molecule has 4 rings (SSSR count). The fourth-order valence-corrected chi connectivity index (χ4v) is 4.68. The molecule has 0 spiro atoms. The number of benzene rings is 1. The number of rotatable bonds is 7. The van der Waals surface area contributed by atoms with Crippen molar-refractivity contribution in [1.82, 2.24) is 9.97 Å². The highest BCUT2D eigenvalue weighted by molar-refractivity contribution is 6.16. The van der Waals surface area contributed by atoms with Crippen LogP contribution >= 0.6 is 0 Å². The molecule has 0 N–H and O–H groups in total. The molecule has 1 aliphatic heterocycles. The minimum atomic E-state index is -0.261. The Morgan fingerprint density at radius 2 is 1.88 bits per heavy atom. The van der Waals surface area contributed by atoms with Gasteiger partial charge in [0.25, 0.3) is 0 Å². The smallest absolute Gasteiger partial charge is 0.319 e. The van der Waals surface area contributed by atoms with Gasteiger partial charge in [-0.05, 0) is 43.9 Å². The first kappa shape index (κ1) is 22.8. The van der Waals surface area contributed by atoms with Gasteiger partial charge < -0.3 is 23.7 Å². The molecule has 0 unspecified atom stereocenters. The van der Waals surface area contributed by atoms with E-state index in [1.807, 2.05) is 19.1 Å². The molecule has 33 heavy (non-hydrogen) atoms. The molecule has 2 aromatic rings. The first-order valence-corrected chi connectivity index (χ1v) is 11.0. The first-order valence-electron chi connectivity index (χ1n) is 11.0. The number of hydrogen-bond acceptors (Lipinski definition) is 9. The maximum absolute atomic E-state index is 11.6. The Morgan fingerprint density at radius 3 is 2.55 bits per heavy atom. The Hall–Kier alpha value is -3.36. The lowest BCUT2D eigenvalue weighted by Crippen LogP contribution is -2.36. The van der Waals surface area contributed by atoms with Crippen LogP contribution in [0.5, 0.6) is 23.4 Å². The van der Waals surface area contributed by atoms with Crippen molar-refractivity contribution in [2.24, 2.45) is 4.99 Å². The van der Waals surface area contributed by atoms with Crippen LogP contribution in [0.15, 0.2) is 23.3 Å². The number of aliphatic imine (C=N–C) groups is 1. The standard InChI is InChI=1S/C24H29N3O6/c1-6-32-21-10-15-16-9-14(33-13(2)28)7-8-19(16)26-22(17(15)11-20(21)29-3)18-12-25-24(31-5)27-23(18)30-4/h10-12,14,16,19H,6-9H2,1-5H3/t14-,16-,19-/m1/s1. The third kappa shape index (κ3) is 4.44. The Balaban J connectivity index is 1.86. The largest absolute Gasteiger partial charge is 0.493 e. The van der Waals surface area contributed by atoms with Gasteiger partial charge in [-0.3, -0.25) is 9.79 Å². The van der Waals surface area contributed by atoms with E-state index >= 15 is 0 Å². The summed E-state index contributed by atoms with van der Waals surface area (Å²) in [5.41, 5.74) is 3.38. The molecule has 176 valence electrons. The van der Waals surface area contributed by atoms with Crippen molar-refractivity contribution in [2.45, 2.75) is 51.2 Å². The van der Waals surface area contributed by atoms with Crippen LogP contribution in [0.25, 0.3) is 0 Å². The number of ether oxygens (including phenoxy) is 5. The fraction of sp³-hybridized carbons (Fsp3) is 0.500. The zero-order valence-electron chi connectivity index (χ0n) is 19.6. The number of methoxy groups -OCH3 is 3. The molecule has 1 aliphatic carbocycles. The summed E-state index contributed by atoms with van der Waals surface area (Å²) in [6.45, 7) is 3.90. The van der Waals surface area contributed by atoms with Gasteiger partial charge in [0.05, 0.1) is 45.3 Å². The normalized spacial score (nSPS) is 21.2. The summed E-state index contributed by atoms with van der Waals surface area (Å²) < 4.78 is 27.7. The van der Waals surface area contributed by atoms with Gasteiger partial charge in [-0.2, -0.15) is 4.98 Å². The predicted octanol–water partition coefficient (Wildman–Crippen LogP) is 3.32. The molecule has 0 saturated heterocycles. The fourth-order valence-electron chi connectivity index (χ4n) is 4.68. The lowest BCUT2D eigenvalue weighted by Gasteiger charge is -2.38. The minimum absolute atomic E-state index is 0.0222. The molecule has 1 aromatic heterocycles. The van der Waals surface area contributed by atoms with Crippen molar-refractivity contribution in [3.8, 4) is 23.4 Å². The molecule has 2 heterocycles. The number of esters is 1. The van der Waals surface area contributed by atoms with Crippen LogP contribution in [0.3, 0.4) is 0 Å². The quantitative estimate of drug-likeness (QED) is 0.586. The molecule has 1 fully saturated rings. The van der Waals surface area contributed by atoms with Crippen LogP contribution in [0, 0.1) is 0 Å². The summed E-state index contributed by atoms with van der Waals surface area (Å²) in [5.74, 6) is 1.49. The van der Waals surface area contributed by atoms with E-state index < -0.39 is 0 Å². The van der Waals surface area contributed by atoms with Gasteiger partial charge in [-0.25, -0.2) is 4.98 Å². The van der Waals surface area contributed by atoms with Crippen LogP contribution in [-0.2, 0) is 9.53 Å². The van der Waals surface area contributed by atoms with E-state index in [2.05, 4.69) is 9.97 Å². The van der Waals surface area contributed by atoms with E-state index in [1.165, 1.54) is 14.0 Å². The number of carbonyl (C=O) groups excluding carboxylic acids is 1. The maximum Gasteiger partial charge on any atom is 0.319 e. The molecule has 3 atom stereocenters. The average Bonchev–Trinajstić information content (AvgIpc) is 2.82. The second-order valence-corrected chi connectivity index (χ2v) is 8.00. The number of fused-ring (bicyclic) bond motifs is 3. The molecule has 0 bridgehead atoms. The van der Waals surface area contributed by atoms with Gasteiger partial charge in [-0.1, -0.05) is 0 Å². The van der Waals surface area contributed by atoms with Gasteiger partial charge in [0.15, 0.2) is 11.5 Å². The predicted molar refractivity (Wildman–Crippen MR) is 121 cm³/mol. The third-order valence-electron chi connectivity index (χ3n) is 6.05.